The molecule has 1 aliphatic heterocycles. The van der Waals surface area contributed by atoms with Crippen molar-refractivity contribution in [2.75, 3.05) is 0 Å². The molecule has 1 aliphatic carbocycles. The third-order valence-corrected chi connectivity index (χ3v) is 5.11. The summed E-state index contributed by atoms with van der Waals surface area (Å²) in [6, 6.07) is 8.25. The zero-order valence-electron chi connectivity index (χ0n) is 15.3. The molecule has 144 valence electrons. The van der Waals surface area contributed by atoms with Gasteiger partial charge in [-0.2, -0.15) is 4.98 Å². The van der Waals surface area contributed by atoms with Crippen molar-refractivity contribution in [3.63, 3.8) is 0 Å². The van der Waals surface area contributed by atoms with E-state index in [1.165, 1.54) is 6.92 Å². The second kappa shape index (κ2) is 7.38. The van der Waals surface area contributed by atoms with Crippen LogP contribution in [-0.2, 0) is 25.7 Å². The minimum absolute atomic E-state index is 0.136. The summed E-state index contributed by atoms with van der Waals surface area (Å²) in [6.45, 7) is 1.26. The minimum Gasteiger partial charge on any atom is -0.454 e. The van der Waals surface area contributed by atoms with Gasteiger partial charge >= 0.3 is 5.97 Å². The Bertz CT molecular complexity index is 910. The molecule has 28 heavy (non-hydrogen) atoms. The monoisotopic (exact) mass is 381 g/mol. The Morgan fingerprint density at radius 2 is 1.82 bits per heavy atom. The van der Waals surface area contributed by atoms with E-state index in [-0.39, 0.29) is 36.1 Å². The average Bonchev–Trinajstić information content (AvgIpc) is 3.30. The van der Waals surface area contributed by atoms with Crippen molar-refractivity contribution >= 4 is 17.8 Å². The summed E-state index contributed by atoms with van der Waals surface area (Å²) < 4.78 is 10.3. The van der Waals surface area contributed by atoms with Gasteiger partial charge in [0.25, 0.3) is 5.89 Å². The average molecular weight is 381 g/mol. The van der Waals surface area contributed by atoms with E-state index in [2.05, 4.69) is 10.1 Å². The number of esters is 1. The predicted octanol–water partition coefficient (Wildman–Crippen LogP) is 2.12. The third-order valence-electron chi connectivity index (χ3n) is 5.11. The lowest BCUT2D eigenvalue weighted by Gasteiger charge is -2.21. The Kier molecular flexibility index (Phi) is 4.77. The lowest BCUT2D eigenvalue weighted by molar-refractivity contribution is -0.159. The summed E-state index contributed by atoms with van der Waals surface area (Å²) in [7, 11) is 0. The number of fused-ring (bicyclic) bond motifs is 1. The first-order valence-electron chi connectivity index (χ1n) is 9.13. The maximum Gasteiger partial charge on any atom is 0.329 e. The number of likely N-dealkylation sites (tertiary alicyclic amines) is 1. The maximum atomic E-state index is 12.6. The van der Waals surface area contributed by atoms with Gasteiger partial charge in [0.15, 0.2) is 6.61 Å². The Morgan fingerprint density at radius 1 is 1.18 bits per heavy atom. The number of nitrogens with zero attached hydrogens (tertiary/aromatic N) is 3. The van der Waals surface area contributed by atoms with Gasteiger partial charge in [-0.25, -0.2) is 4.79 Å². The number of carbonyl (C=O) groups excluding carboxylic acids is 3. The molecule has 2 amide bonds. The van der Waals surface area contributed by atoms with Crippen molar-refractivity contribution in [2.45, 2.75) is 32.4 Å². The molecule has 1 aromatic carbocycles. The number of benzene rings is 1. The van der Waals surface area contributed by atoms with E-state index >= 15 is 0 Å². The van der Waals surface area contributed by atoms with Crippen molar-refractivity contribution in [1.29, 1.82) is 0 Å². The molecule has 2 aliphatic rings. The van der Waals surface area contributed by atoms with Gasteiger partial charge in [0.05, 0.1) is 11.8 Å². The first kappa shape index (κ1) is 18.1. The number of hydrogen-bond acceptors (Lipinski definition) is 7. The molecular weight excluding hydrogens is 362 g/mol. The van der Waals surface area contributed by atoms with E-state index in [9.17, 15) is 14.4 Å². The number of ether oxygens (including phenoxy) is 1. The van der Waals surface area contributed by atoms with Crippen LogP contribution >= 0.6 is 0 Å². The third kappa shape index (κ3) is 3.21. The van der Waals surface area contributed by atoms with Gasteiger partial charge < -0.3 is 9.26 Å². The topological polar surface area (TPSA) is 103 Å². The number of carbonyl (C=O) groups is 3. The SMILES string of the molecule is C[C@H](C(=O)OCc1nc(-c2ccccc2)no1)N1C(=O)[C@H]2CC=CC[C@H]2C1=O. The summed E-state index contributed by atoms with van der Waals surface area (Å²) in [5.41, 5.74) is 0.779. The Labute approximate surface area is 161 Å². The number of rotatable bonds is 5. The molecule has 0 bridgehead atoms. The normalized spacial score (nSPS) is 22.2. The quantitative estimate of drug-likeness (QED) is 0.444. The zero-order valence-corrected chi connectivity index (χ0v) is 15.3. The second-order valence-corrected chi connectivity index (χ2v) is 6.86. The first-order chi connectivity index (χ1) is 13.6. The molecule has 4 rings (SSSR count). The van der Waals surface area contributed by atoms with Crippen LogP contribution in [-0.4, -0.2) is 38.9 Å². The molecule has 3 atom stereocenters. The number of aromatic nitrogens is 2. The van der Waals surface area contributed by atoms with Crippen molar-refractivity contribution in [2.24, 2.45) is 11.8 Å². The van der Waals surface area contributed by atoms with Crippen LogP contribution in [0.15, 0.2) is 47.0 Å². The van der Waals surface area contributed by atoms with E-state index in [0.717, 1.165) is 10.5 Å². The van der Waals surface area contributed by atoms with Crippen LogP contribution in [0.4, 0.5) is 0 Å². The van der Waals surface area contributed by atoms with Crippen molar-refractivity contribution in [3.05, 3.63) is 48.4 Å². The van der Waals surface area contributed by atoms with Crippen LogP contribution in [0.25, 0.3) is 11.4 Å². The maximum absolute atomic E-state index is 12.6. The Hall–Kier alpha value is -3.29. The molecule has 2 heterocycles. The number of allylic oxidation sites excluding steroid dienone is 2. The molecule has 1 saturated heterocycles. The van der Waals surface area contributed by atoms with Gasteiger partial charge in [0.2, 0.25) is 17.6 Å². The van der Waals surface area contributed by atoms with E-state index in [0.29, 0.717) is 18.7 Å². The molecule has 8 heteroatoms. The fraction of sp³-hybridized carbons (Fsp3) is 0.350. The molecule has 8 nitrogen and oxygen atoms in total. The van der Waals surface area contributed by atoms with Crippen LogP contribution in [0.3, 0.4) is 0 Å². The fourth-order valence-corrected chi connectivity index (χ4v) is 3.58. The van der Waals surface area contributed by atoms with Crippen LogP contribution in [0.5, 0.6) is 0 Å². The van der Waals surface area contributed by atoms with Gasteiger partial charge in [-0.3, -0.25) is 14.5 Å². The van der Waals surface area contributed by atoms with Crippen molar-refractivity contribution in [3.8, 4) is 11.4 Å². The van der Waals surface area contributed by atoms with Gasteiger partial charge in [-0.05, 0) is 19.8 Å². The van der Waals surface area contributed by atoms with Crippen LogP contribution in [0.2, 0.25) is 0 Å². The van der Waals surface area contributed by atoms with E-state index in [1.54, 1.807) is 0 Å². The molecule has 1 aromatic heterocycles. The van der Waals surface area contributed by atoms with Crippen molar-refractivity contribution < 1.29 is 23.6 Å². The Balaban J connectivity index is 1.38. The van der Waals surface area contributed by atoms with Gasteiger partial charge in [0.1, 0.15) is 6.04 Å². The largest absolute Gasteiger partial charge is 0.454 e. The zero-order chi connectivity index (χ0) is 19.7. The molecule has 0 radical (unpaired) electrons. The van der Waals surface area contributed by atoms with Crippen LogP contribution < -0.4 is 0 Å². The van der Waals surface area contributed by atoms with E-state index < -0.39 is 12.0 Å². The van der Waals surface area contributed by atoms with E-state index in [4.69, 9.17) is 9.26 Å². The lowest BCUT2D eigenvalue weighted by atomic mass is 9.85. The highest BCUT2D eigenvalue weighted by Crippen LogP contribution is 2.36. The molecule has 0 spiro atoms. The number of hydrogen-bond donors (Lipinski definition) is 0. The number of amides is 2. The van der Waals surface area contributed by atoms with Gasteiger partial charge in [0, 0.05) is 5.56 Å². The van der Waals surface area contributed by atoms with Gasteiger partial charge in [-0.1, -0.05) is 47.6 Å². The molecule has 1 fully saturated rings. The molecule has 2 aromatic rings. The molecule has 0 unspecified atom stereocenters. The summed E-state index contributed by atoms with van der Waals surface area (Å²) in [5, 5.41) is 3.86. The van der Waals surface area contributed by atoms with E-state index in [1.807, 2.05) is 42.5 Å². The van der Waals surface area contributed by atoms with Crippen LogP contribution in [0, 0.1) is 11.8 Å². The Morgan fingerprint density at radius 3 is 2.46 bits per heavy atom. The van der Waals surface area contributed by atoms with Crippen LogP contribution in [0.1, 0.15) is 25.7 Å². The highest BCUT2D eigenvalue weighted by molar-refractivity contribution is 6.08. The lowest BCUT2D eigenvalue weighted by Crippen LogP contribution is -2.44. The standard InChI is InChI=1S/C20H19N3O5/c1-12(23-18(24)14-9-5-6-10-15(14)19(23)25)20(26)27-11-16-21-17(22-28-16)13-7-3-2-4-8-13/h2-8,12,14-15H,9-11H2,1H3/t12-,14-,15+/m1/s1. The summed E-state index contributed by atoms with van der Waals surface area (Å²) >= 11 is 0. The first-order valence-corrected chi connectivity index (χ1v) is 9.13. The molecule has 0 saturated carbocycles. The fourth-order valence-electron chi connectivity index (χ4n) is 3.58. The highest BCUT2D eigenvalue weighted by Gasteiger charge is 2.50. The highest BCUT2D eigenvalue weighted by atomic mass is 16.6. The predicted molar refractivity (Wildman–Crippen MR) is 96.2 cm³/mol. The minimum atomic E-state index is -0.998. The second-order valence-electron chi connectivity index (χ2n) is 6.86. The van der Waals surface area contributed by atoms with Gasteiger partial charge in [-0.15, -0.1) is 0 Å². The molecular formula is C20H19N3O5. The smallest absolute Gasteiger partial charge is 0.329 e. The summed E-state index contributed by atoms with van der Waals surface area (Å²) in [5.74, 6) is -1.54. The summed E-state index contributed by atoms with van der Waals surface area (Å²) in [4.78, 5) is 42.7. The number of imide groups is 1. The molecule has 0 N–H and O–H groups in total. The van der Waals surface area contributed by atoms with Crippen molar-refractivity contribution in [1.82, 2.24) is 15.0 Å². The summed E-state index contributed by atoms with van der Waals surface area (Å²) in [6.07, 6.45) is 4.85.